The van der Waals surface area contributed by atoms with Crippen LogP contribution in [0.1, 0.15) is 37.9 Å². The minimum Gasteiger partial charge on any atom is -0.493 e. The molecule has 1 aliphatic heterocycles. The molecule has 0 fully saturated rings. The lowest BCUT2D eigenvalue weighted by Gasteiger charge is -2.37. The largest absolute Gasteiger partial charge is 0.493 e. The highest BCUT2D eigenvalue weighted by atomic mass is 16.6. The van der Waals surface area contributed by atoms with Gasteiger partial charge in [0, 0.05) is 24.2 Å². The molecule has 1 atom stereocenters. The molecular weight excluding hydrogens is 480 g/mol. The van der Waals surface area contributed by atoms with E-state index < -0.39 is 16.9 Å². The van der Waals surface area contributed by atoms with Crippen LogP contribution in [0.15, 0.2) is 60.7 Å². The Balaban J connectivity index is 1.68. The number of hydrogen-bond donors (Lipinski definition) is 0. The van der Waals surface area contributed by atoms with Crippen molar-refractivity contribution in [2.75, 3.05) is 34.5 Å². The Bertz CT molecular complexity index is 1320. The highest BCUT2D eigenvalue weighted by Gasteiger charge is 2.34. The molecule has 3 aromatic carbocycles. The number of esters is 1. The van der Waals surface area contributed by atoms with Crippen molar-refractivity contribution in [2.45, 2.75) is 12.5 Å². The van der Waals surface area contributed by atoms with Crippen molar-refractivity contribution in [3.05, 3.63) is 93.0 Å². The molecule has 4 rings (SSSR count). The number of nitro groups is 1. The molecule has 0 radical (unpaired) electrons. The quantitative estimate of drug-likeness (QED) is 0.253. The first-order chi connectivity index (χ1) is 17.9. The van der Waals surface area contributed by atoms with Gasteiger partial charge in [-0.1, -0.05) is 6.07 Å². The van der Waals surface area contributed by atoms with Crippen molar-refractivity contribution in [2.24, 2.45) is 0 Å². The van der Waals surface area contributed by atoms with Crippen molar-refractivity contribution in [1.82, 2.24) is 4.90 Å². The third kappa shape index (κ3) is 5.32. The number of methoxy groups -OCH3 is 3. The van der Waals surface area contributed by atoms with Crippen LogP contribution in [0.2, 0.25) is 0 Å². The first-order valence-electron chi connectivity index (χ1n) is 11.5. The van der Waals surface area contributed by atoms with Gasteiger partial charge >= 0.3 is 5.97 Å². The van der Waals surface area contributed by atoms with Gasteiger partial charge in [-0.2, -0.15) is 0 Å². The van der Waals surface area contributed by atoms with Gasteiger partial charge in [-0.05, 0) is 60.0 Å². The number of hydrogen-bond acceptors (Lipinski definition) is 8. The molecule has 1 amide bonds. The Morgan fingerprint density at radius 2 is 1.68 bits per heavy atom. The number of carbonyl (C=O) groups is 2. The minimum absolute atomic E-state index is 0.0979. The third-order valence-corrected chi connectivity index (χ3v) is 6.25. The van der Waals surface area contributed by atoms with Gasteiger partial charge in [0.15, 0.2) is 11.5 Å². The summed E-state index contributed by atoms with van der Waals surface area (Å²) in [6.45, 7) is 0.472. The van der Waals surface area contributed by atoms with Crippen molar-refractivity contribution >= 4 is 17.6 Å². The first-order valence-corrected chi connectivity index (χ1v) is 11.5. The lowest BCUT2D eigenvalue weighted by molar-refractivity contribution is -0.384. The zero-order chi connectivity index (χ0) is 26.5. The van der Waals surface area contributed by atoms with Crippen LogP contribution in [-0.2, 0) is 11.2 Å². The second-order valence-electron chi connectivity index (χ2n) is 8.30. The van der Waals surface area contributed by atoms with Gasteiger partial charge in [0.05, 0.1) is 37.9 Å². The predicted octanol–water partition coefficient (Wildman–Crippen LogP) is 4.22. The van der Waals surface area contributed by atoms with E-state index in [1.54, 1.807) is 42.3 Å². The monoisotopic (exact) mass is 506 g/mol. The number of rotatable bonds is 8. The average Bonchev–Trinajstić information content (AvgIpc) is 2.94. The number of nitrogens with zero attached hydrogens (tertiary/aromatic N) is 2. The van der Waals surface area contributed by atoms with E-state index in [1.165, 1.54) is 32.4 Å². The van der Waals surface area contributed by atoms with Crippen molar-refractivity contribution in [3.8, 4) is 17.2 Å². The van der Waals surface area contributed by atoms with Gasteiger partial charge in [-0.3, -0.25) is 14.9 Å². The zero-order valence-corrected chi connectivity index (χ0v) is 20.6. The molecule has 10 nitrogen and oxygen atoms in total. The van der Waals surface area contributed by atoms with Crippen LogP contribution in [0.25, 0.3) is 0 Å². The maximum Gasteiger partial charge on any atom is 0.337 e. The van der Waals surface area contributed by atoms with Crippen LogP contribution < -0.4 is 14.2 Å². The van der Waals surface area contributed by atoms with Crippen LogP contribution in [0.3, 0.4) is 0 Å². The highest BCUT2D eigenvalue weighted by molar-refractivity contribution is 5.95. The molecule has 0 spiro atoms. The maximum absolute atomic E-state index is 13.6. The fourth-order valence-corrected chi connectivity index (χ4v) is 4.35. The van der Waals surface area contributed by atoms with E-state index in [9.17, 15) is 19.7 Å². The van der Waals surface area contributed by atoms with Gasteiger partial charge in [-0.25, -0.2) is 4.79 Å². The predicted molar refractivity (Wildman–Crippen MR) is 133 cm³/mol. The Kier molecular flexibility index (Phi) is 7.57. The molecule has 10 heteroatoms. The lowest BCUT2D eigenvalue weighted by Crippen LogP contribution is -2.42. The Labute approximate surface area is 213 Å². The molecule has 0 aliphatic carbocycles. The van der Waals surface area contributed by atoms with Crippen LogP contribution in [0, 0.1) is 10.1 Å². The summed E-state index contributed by atoms with van der Waals surface area (Å²) in [4.78, 5) is 37.7. The number of fused-ring (bicyclic) bond motifs is 1. The fraction of sp³-hybridized carbons (Fsp3) is 0.259. The van der Waals surface area contributed by atoms with E-state index in [0.29, 0.717) is 35.8 Å². The summed E-state index contributed by atoms with van der Waals surface area (Å²) in [5.74, 6) is 0.792. The zero-order valence-electron chi connectivity index (χ0n) is 20.6. The number of carbonyl (C=O) groups excluding carboxylic acids is 2. The topological polar surface area (TPSA) is 117 Å². The van der Waals surface area contributed by atoms with E-state index in [4.69, 9.17) is 18.9 Å². The standard InChI is InChI=1S/C27H26N2O8/c1-34-24-14-18-11-12-28(26(30)19-5-4-6-20(13-19)29(32)33)23(22(18)15-25(24)35-2)16-37-21-9-7-17(8-10-21)27(31)36-3/h4-10,13-15,23H,11-12,16H2,1-3H3/t23-/m1/s1. The van der Waals surface area contributed by atoms with Gasteiger partial charge in [0.25, 0.3) is 11.6 Å². The van der Waals surface area contributed by atoms with E-state index >= 15 is 0 Å². The van der Waals surface area contributed by atoms with Crippen molar-refractivity contribution in [3.63, 3.8) is 0 Å². The van der Waals surface area contributed by atoms with Crippen LogP contribution in [-0.4, -0.2) is 56.2 Å². The molecule has 1 heterocycles. The summed E-state index contributed by atoms with van der Waals surface area (Å²) >= 11 is 0. The third-order valence-electron chi connectivity index (χ3n) is 6.25. The lowest BCUT2D eigenvalue weighted by atomic mass is 9.91. The summed E-state index contributed by atoms with van der Waals surface area (Å²) in [6, 6.07) is 15.4. The number of benzene rings is 3. The number of amides is 1. The summed E-state index contributed by atoms with van der Waals surface area (Å²) < 4.78 is 21.7. The van der Waals surface area contributed by atoms with E-state index in [-0.39, 0.29) is 23.8 Å². The average molecular weight is 507 g/mol. The molecular formula is C27H26N2O8. The van der Waals surface area contributed by atoms with E-state index in [1.807, 2.05) is 12.1 Å². The SMILES string of the molecule is COC(=O)c1ccc(OC[C@@H]2c3cc(OC)c(OC)cc3CCN2C(=O)c2cccc([N+](=O)[O-])c2)cc1. The Hall–Kier alpha value is -4.60. The minimum atomic E-state index is -0.530. The summed E-state index contributed by atoms with van der Waals surface area (Å²) in [5.41, 5.74) is 2.25. The summed E-state index contributed by atoms with van der Waals surface area (Å²) in [6.07, 6.45) is 0.556. The number of ether oxygens (including phenoxy) is 4. The molecule has 192 valence electrons. The molecule has 1 aliphatic rings. The molecule has 3 aromatic rings. The van der Waals surface area contributed by atoms with E-state index in [0.717, 1.165) is 11.1 Å². The molecule has 37 heavy (non-hydrogen) atoms. The van der Waals surface area contributed by atoms with Gasteiger partial charge < -0.3 is 23.8 Å². The maximum atomic E-state index is 13.6. The molecule has 0 saturated heterocycles. The highest BCUT2D eigenvalue weighted by Crippen LogP contribution is 2.39. The van der Waals surface area contributed by atoms with Gasteiger partial charge in [0.1, 0.15) is 12.4 Å². The van der Waals surface area contributed by atoms with Crippen molar-refractivity contribution in [1.29, 1.82) is 0 Å². The smallest absolute Gasteiger partial charge is 0.337 e. The normalized spacial score (nSPS) is 14.4. The fourth-order valence-electron chi connectivity index (χ4n) is 4.35. The number of non-ortho nitro benzene ring substituents is 1. The van der Waals surface area contributed by atoms with Gasteiger partial charge in [-0.15, -0.1) is 0 Å². The molecule has 0 saturated carbocycles. The van der Waals surface area contributed by atoms with E-state index in [2.05, 4.69) is 0 Å². The molecule has 0 aromatic heterocycles. The second kappa shape index (κ2) is 11.0. The molecule has 0 N–H and O–H groups in total. The summed E-state index contributed by atoms with van der Waals surface area (Å²) in [5, 5.41) is 11.3. The first kappa shape index (κ1) is 25.5. The van der Waals surface area contributed by atoms with Gasteiger partial charge in [0.2, 0.25) is 0 Å². The van der Waals surface area contributed by atoms with Crippen LogP contribution in [0.4, 0.5) is 5.69 Å². The Morgan fingerprint density at radius 1 is 0.973 bits per heavy atom. The molecule has 0 bridgehead atoms. The Morgan fingerprint density at radius 3 is 2.32 bits per heavy atom. The van der Waals surface area contributed by atoms with Crippen LogP contribution >= 0.6 is 0 Å². The summed E-state index contributed by atoms with van der Waals surface area (Å²) in [7, 11) is 4.40. The van der Waals surface area contributed by atoms with Crippen LogP contribution in [0.5, 0.6) is 17.2 Å². The van der Waals surface area contributed by atoms with Crippen molar-refractivity contribution < 1.29 is 33.5 Å². The molecule has 0 unspecified atom stereocenters. The number of nitro benzene ring substituents is 1. The second-order valence-corrected chi connectivity index (χ2v) is 8.30.